The fraction of sp³-hybridized carbons (Fsp3) is 0.261. The van der Waals surface area contributed by atoms with Crippen LogP contribution in [0.5, 0.6) is 5.75 Å². The lowest BCUT2D eigenvalue weighted by Crippen LogP contribution is -2.16. The summed E-state index contributed by atoms with van der Waals surface area (Å²) in [6.07, 6.45) is 6.77. The Bertz CT molecular complexity index is 1130. The average molecular weight is 400 g/mol. The molecule has 0 saturated heterocycles. The van der Waals surface area contributed by atoms with Gasteiger partial charge in [0.05, 0.1) is 24.3 Å². The normalized spacial score (nSPS) is 11.5. The third kappa shape index (κ3) is 4.20. The van der Waals surface area contributed by atoms with Crippen molar-refractivity contribution in [2.75, 3.05) is 0 Å². The van der Waals surface area contributed by atoms with Crippen molar-refractivity contribution in [3.05, 3.63) is 77.9 Å². The number of aryl methyl sites for hydroxylation is 1. The molecule has 0 bridgehead atoms. The molecule has 0 N–H and O–H groups in total. The molecule has 0 fully saturated rings. The van der Waals surface area contributed by atoms with Gasteiger partial charge in [-0.2, -0.15) is 4.68 Å². The van der Waals surface area contributed by atoms with Crippen LogP contribution in [0, 0.1) is 6.92 Å². The Hall–Kier alpha value is -3.61. The topological polar surface area (TPSA) is 78.6 Å². The van der Waals surface area contributed by atoms with Crippen molar-refractivity contribution in [1.29, 1.82) is 0 Å². The van der Waals surface area contributed by atoms with Gasteiger partial charge in [-0.25, -0.2) is 9.97 Å². The van der Waals surface area contributed by atoms with Crippen molar-refractivity contribution < 1.29 is 4.74 Å². The van der Waals surface area contributed by atoms with E-state index in [9.17, 15) is 0 Å². The minimum Gasteiger partial charge on any atom is -0.486 e. The van der Waals surface area contributed by atoms with E-state index in [4.69, 9.17) is 4.74 Å². The second-order valence-electron chi connectivity index (χ2n) is 8.12. The van der Waals surface area contributed by atoms with Crippen molar-refractivity contribution >= 4 is 0 Å². The van der Waals surface area contributed by atoms with Crippen molar-refractivity contribution in [2.24, 2.45) is 0 Å². The molecule has 4 aromatic rings. The number of pyridine rings is 1. The van der Waals surface area contributed by atoms with Crippen LogP contribution in [0.2, 0.25) is 0 Å². The summed E-state index contributed by atoms with van der Waals surface area (Å²) in [7, 11) is 0. The highest BCUT2D eigenvalue weighted by Crippen LogP contribution is 2.28. The SMILES string of the molecule is Cc1cccc(C(C)(C)C)c1COc1cnc(-n2cc(-c3ccccn3)nn2)nc1. The summed E-state index contributed by atoms with van der Waals surface area (Å²) in [5.74, 6) is 1.02. The van der Waals surface area contributed by atoms with Crippen LogP contribution in [-0.2, 0) is 12.0 Å². The van der Waals surface area contributed by atoms with Gasteiger partial charge < -0.3 is 4.74 Å². The molecule has 30 heavy (non-hydrogen) atoms. The van der Waals surface area contributed by atoms with Crippen LogP contribution >= 0.6 is 0 Å². The highest BCUT2D eigenvalue weighted by atomic mass is 16.5. The Balaban J connectivity index is 1.49. The number of hydrogen-bond donors (Lipinski definition) is 0. The standard InChI is InChI=1S/C23H24N6O/c1-16-8-7-9-19(23(2,3)4)18(16)15-30-17-12-25-22(26-13-17)29-14-21(27-28-29)20-10-5-6-11-24-20/h5-14H,15H2,1-4H3. The van der Waals surface area contributed by atoms with E-state index >= 15 is 0 Å². The minimum atomic E-state index is 0.0451. The van der Waals surface area contributed by atoms with E-state index in [1.165, 1.54) is 21.4 Å². The number of nitrogens with zero attached hydrogens (tertiary/aromatic N) is 6. The first-order chi connectivity index (χ1) is 14.4. The van der Waals surface area contributed by atoms with Gasteiger partial charge in [0.25, 0.3) is 5.95 Å². The first-order valence-electron chi connectivity index (χ1n) is 9.80. The maximum atomic E-state index is 5.99. The van der Waals surface area contributed by atoms with Crippen LogP contribution in [0.25, 0.3) is 17.3 Å². The molecule has 0 unspecified atom stereocenters. The van der Waals surface area contributed by atoms with Gasteiger partial charge in [-0.15, -0.1) is 5.10 Å². The number of rotatable bonds is 5. The lowest BCUT2D eigenvalue weighted by molar-refractivity contribution is 0.299. The molecule has 3 heterocycles. The molecular weight excluding hydrogens is 376 g/mol. The van der Waals surface area contributed by atoms with Crippen LogP contribution in [0.3, 0.4) is 0 Å². The number of benzene rings is 1. The van der Waals surface area contributed by atoms with E-state index in [2.05, 4.69) is 71.2 Å². The predicted molar refractivity (Wildman–Crippen MR) is 114 cm³/mol. The molecular formula is C23H24N6O. The monoisotopic (exact) mass is 400 g/mol. The zero-order chi connectivity index (χ0) is 21.1. The molecule has 0 radical (unpaired) electrons. The Morgan fingerprint density at radius 1 is 0.933 bits per heavy atom. The number of aromatic nitrogens is 6. The van der Waals surface area contributed by atoms with E-state index in [0.717, 1.165) is 5.69 Å². The largest absolute Gasteiger partial charge is 0.486 e. The van der Waals surface area contributed by atoms with E-state index < -0.39 is 0 Å². The number of hydrogen-bond acceptors (Lipinski definition) is 6. The highest BCUT2D eigenvalue weighted by Gasteiger charge is 2.19. The maximum absolute atomic E-state index is 5.99. The zero-order valence-electron chi connectivity index (χ0n) is 17.6. The maximum Gasteiger partial charge on any atom is 0.252 e. The van der Waals surface area contributed by atoms with E-state index in [-0.39, 0.29) is 5.41 Å². The molecule has 1 aromatic carbocycles. The summed E-state index contributed by atoms with van der Waals surface area (Å²) in [4.78, 5) is 13.0. The zero-order valence-corrected chi connectivity index (χ0v) is 17.6. The van der Waals surface area contributed by atoms with Crippen LogP contribution in [0.15, 0.2) is 61.2 Å². The van der Waals surface area contributed by atoms with Crippen LogP contribution in [0.1, 0.15) is 37.5 Å². The van der Waals surface area contributed by atoms with Crippen molar-refractivity contribution in [3.8, 4) is 23.1 Å². The van der Waals surface area contributed by atoms with E-state index in [1.54, 1.807) is 24.8 Å². The molecule has 0 amide bonds. The number of ether oxygens (including phenoxy) is 1. The third-order valence-electron chi connectivity index (χ3n) is 4.84. The van der Waals surface area contributed by atoms with E-state index in [1.807, 2.05) is 18.2 Å². The molecule has 3 aromatic heterocycles. The fourth-order valence-electron chi connectivity index (χ4n) is 3.25. The van der Waals surface area contributed by atoms with Gasteiger partial charge in [0.15, 0.2) is 5.75 Å². The van der Waals surface area contributed by atoms with Crippen molar-refractivity contribution in [1.82, 2.24) is 29.9 Å². The van der Waals surface area contributed by atoms with Gasteiger partial charge in [0, 0.05) is 6.20 Å². The molecule has 0 aliphatic rings. The van der Waals surface area contributed by atoms with Gasteiger partial charge in [-0.05, 0) is 41.2 Å². The summed E-state index contributed by atoms with van der Waals surface area (Å²) < 4.78 is 7.51. The third-order valence-corrected chi connectivity index (χ3v) is 4.84. The molecule has 0 atom stereocenters. The molecule has 7 heteroatoms. The van der Waals surface area contributed by atoms with Gasteiger partial charge in [-0.3, -0.25) is 4.98 Å². The van der Waals surface area contributed by atoms with Gasteiger partial charge in [0.2, 0.25) is 0 Å². The van der Waals surface area contributed by atoms with Crippen LogP contribution < -0.4 is 4.74 Å². The summed E-state index contributed by atoms with van der Waals surface area (Å²) >= 11 is 0. The minimum absolute atomic E-state index is 0.0451. The first-order valence-corrected chi connectivity index (χ1v) is 9.80. The first kappa shape index (κ1) is 19.7. The molecule has 0 aliphatic carbocycles. The van der Waals surface area contributed by atoms with Crippen molar-refractivity contribution in [3.63, 3.8) is 0 Å². The smallest absolute Gasteiger partial charge is 0.252 e. The van der Waals surface area contributed by atoms with Crippen LogP contribution in [0.4, 0.5) is 0 Å². The quantitative estimate of drug-likeness (QED) is 0.497. The molecule has 0 spiro atoms. The van der Waals surface area contributed by atoms with Gasteiger partial charge in [-0.1, -0.05) is 50.3 Å². The highest BCUT2D eigenvalue weighted by molar-refractivity contribution is 5.51. The molecule has 7 nitrogen and oxygen atoms in total. The summed E-state index contributed by atoms with van der Waals surface area (Å²) in [6, 6.07) is 12.0. The molecule has 0 saturated carbocycles. The van der Waals surface area contributed by atoms with Crippen molar-refractivity contribution in [2.45, 2.75) is 39.7 Å². The summed E-state index contributed by atoms with van der Waals surface area (Å²) in [5.41, 5.74) is 5.15. The molecule has 152 valence electrons. The van der Waals surface area contributed by atoms with Crippen LogP contribution in [-0.4, -0.2) is 29.9 Å². The average Bonchev–Trinajstić information content (AvgIpc) is 3.23. The fourth-order valence-corrected chi connectivity index (χ4v) is 3.25. The Kier molecular flexibility index (Phi) is 5.27. The molecule has 4 rings (SSSR count). The lowest BCUT2D eigenvalue weighted by atomic mass is 9.82. The summed E-state index contributed by atoms with van der Waals surface area (Å²) in [5, 5.41) is 8.24. The second kappa shape index (κ2) is 8.02. The lowest BCUT2D eigenvalue weighted by Gasteiger charge is -2.24. The Labute approximate surface area is 175 Å². The Morgan fingerprint density at radius 2 is 1.73 bits per heavy atom. The molecule has 0 aliphatic heterocycles. The second-order valence-corrected chi connectivity index (χ2v) is 8.12. The van der Waals surface area contributed by atoms with Gasteiger partial charge >= 0.3 is 0 Å². The van der Waals surface area contributed by atoms with E-state index in [0.29, 0.717) is 24.0 Å². The summed E-state index contributed by atoms with van der Waals surface area (Å²) in [6.45, 7) is 9.20. The Morgan fingerprint density at radius 3 is 2.43 bits per heavy atom. The van der Waals surface area contributed by atoms with Gasteiger partial charge in [0.1, 0.15) is 12.3 Å². The predicted octanol–water partition coefficient (Wildman–Crippen LogP) is 4.30.